The van der Waals surface area contributed by atoms with Crippen LogP contribution in [0.1, 0.15) is 0 Å². The van der Waals surface area contributed by atoms with E-state index in [9.17, 15) is 4.79 Å². The molecule has 0 aliphatic carbocycles. The van der Waals surface area contributed by atoms with Crippen molar-refractivity contribution in [1.29, 1.82) is 0 Å². The molecule has 0 saturated carbocycles. The molecule has 2 aliphatic heterocycles. The van der Waals surface area contributed by atoms with Crippen LogP contribution in [0.25, 0.3) is 0 Å². The van der Waals surface area contributed by atoms with Gasteiger partial charge in [-0.1, -0.05) is 17.7 Å². The van der Waals surface area contributed by atoms with E-state index in [4.69, 9.17) is 21.1 Å². The fraction of sp³-hybridized carbons (Fsp3) is 0.533. The molecule has 3 rings (SSSR count). The van der Waals surface area contributed by atoms with Crippen molar-refractivity contribution in [3.8, 4) is 0 Å². The second kappa shape index (κ2) is 6.64. The van der Waals surface area contributed by atoms with Crippen LogP contribution in [-0.2, 0) is 14.3 Å². The van der Waals surface area contributed by atoms with Crippen LogP contribution >= 0.6 is 11.6 Å². The summed E-state index contributed by atoms with van der Waals surface area (Å²) < 4.78 is 10.8. The summed E-state index contributed by atoms with van der Waals surface area (Å²) in [4.78, 5) is 16.4. The Bertz CT molecular complexity index is 497. The first-order valence-corrected chi connectivity index (χ1v) is 7.60. The van der Waals surface area contributed by atoms with Crippen molar-refractivity contribution in [2.75, 3.05) is 50.9 Å². The molecule has 1 amide bonds. The molecule has 0 bridgehead atoms. The van der Waals surface area contributed by atoms with E-state index in [1.807, 2.05) is 29.2 Å². The fourth-order valence-electron chi connectivity index (χ4n) is 2.69. The van der Waals surface area contributed by atoms with Gasteiger partial charge in [-0.05, 0) is 18.2 Å². The second-order valence-electron chi connectivity index (χ2n) is 5.23. The third-order valence-corrected chi connectivity index (χ3v) is 4.09. The van der Waals surface area contributed by atoms with Gasteiger partial charge in [0.15, 0.2) is 6.10 Å². The Balaban J connectivity index is 1.56. The summed E-state index contributed by atoms with van der Waals surface area (Å²) in [7, 11) is 0. The highest BCUT2D eigenvalue weighted by atomic mass is 35.5. The SMILES string of the molecule is O=C([C@@H]1COCCO1)N1CCN(c2cccc(Cl)c2)CC1. The van der Waals surface area contributed by atoms with Crippen molar-refractivity contribution >= 4 is 23.2 Å². The number of halogens is 1. The fourth-order valence-corrected chi connectivity index (χ4v) is 2.88. The Kier molecular flexibility index (Phi) is 4.63. The number of nitrogens with zero attached hydrogens (tertiary/aromatic N) is 2. The van der Waals surface area contributed by atoms with E-state index in [0.717, 1.165) is 23.8 Å². The van der Waals surface area contributed by atoms with Gasteiger partial charge in [-0.2, -0.15) is 0 Å². The van der Waals surface area contributed by atoms with Crippen LogP contribution in [0.4, 0.5) is 5.69 Å². The molecule has 1 atom stereocenters. The molecule has 0 aromatic heterocycles. The molecule has 1 aromatic carbocycles. The van der Waals surface area contributed by atoms with Crippen LogP contribution in [0.3, 0.4) is 0 Å². The van der Waals surface area contributed by atoms with E-state index in [2.05, 4.69) is 4.90 Å². The van der Waals surface area contributed by atoms with Crippen molar-refractivity contribution in [3.05, 3.63) is 29.3 Å². The van der Waals surface area contributed by atoms with Crippen molar-refractivity contribution in [3.63, 3.8) is 0 Å². The Morgan fingerprint density at radius 1 is 1.19 bits per heavy atom. The third kappa shape index (κ3) is 3.48. The Morgan fingerprint density at radius 2 is 2.00 bits per heavy atom. The summed E-state index contributed by atoms with van der Waals surface area (Å²) >= 11 is 6.02. The van der Waals surface area contributed by atoms with Crippen molar-refractivity contribution < 1.29 is 14.3 Å². The van der Waals surface area contributed by atoms with Gasteiger partial charge in [0.05, 0.1) is 19.8 Å². The monoisotopic (exact) mass is 310 g/mol. The van der Waals surface area contributed by atoms with Gasteiger partial charge >= 0.3 is 0 Å². The number of anilines is 1. The van der Waals surface area contributed by atoms with E-state index in [0.29, 0.717) is 32.9 Å². The number of carbonyl (C=O) groups is 1. The van der Waals surface area contributed by atoms with Crippen molar-refractivity contribution in [2.24, 2.45) is 0 Å². The van der Waals surface area contributed by atoms with Gasteiger partial charge in [-0.3, -0.25) is 4.79 Å². The highest BCUT2D eigenvalue weighted by Crippen LogP contribution is 2.21. The maximum absolute atomic E-state index is 12.3. The number of ether oxygens (including phenoxy) is 2. The molecule has 0 N–H and O–H groups in total. The van der Waals surface area contributed by atoms with Crippen molar-refractivity contribution in [2.45, 2.75) is 6.10 Å². The first kappa shape index (κ1) is 14.6. The van der Waals surface area contributed by atoms with E-state index < -0.39 is 6.10 Å². The molecule has 6 heteroatoms. The highest BCUT2D eigenvalue weighted by molar-refractivity contribution is 6.30. The Labute approximate surface area is 129 Å². The van der Waals surface area contributed by atoms with Crippen LogP contribution in [0, 0.1) is 0 Å². The number of hydrogen-bond acceptors (Lipinski definition) is 4. The number of hydrogen-bond donors (Lipinski definition) is 0. The maximum Gasteiger partial charge on any atom is 0.254 e. The minimum Gasteiger partial charge on any atom is -0.376 e. The van der Waals surface area contributed by atoms with Gasteiger partial charge in [0.2, 0.25) is 0 Å². The van der Waals surface area contributed by atoms with Crippen LogP contribution in [0.15, 0.2) is 24.3 Å². The summed E-state index contributed by atoms with van der Waals surface area (Å²) in [6.07, 6.45) is -0.434. The zero-order chi connectivity index (χ0) is 14.7. The molecule has 2 aliphatic rings. The number of benzene rings is 1. The normalized spacial score (nSPS) is 23.2. The molecule has 1 aromatic rings. The molecule has 0 unspecified atom stereocenters. The molecular weight excluding hydrogens is 292 g/mol. The Hall–Kier alpha value is -1.30. The Morgan fingerprint density at radius 3 is 2.67 bits per heavy atom. The van der Waals surface area contributed by atoms with Crippen molar-refractivity contribution in [1.82, 2.24) is 4.90 Å². The molecule has 2 fully saturated rings. The van der Waals surface area contributed by atoms with E-state index in [-0.39, 0.29) is 5.91 Å². The van der Waals surface area contributed by atoms with Gasteiger partial charge in [-0.25, -0.2) is 0 Å². The lowest BCUT2D eigenvalue weighted by Crippen LogP contribution is -2.53. The summed E-state index contributed by atoms with van der Waals surface area (Å²) in [5.74, 6) is 0.0421. The molecule has 114 valence electrons. The minimum atomic E-state index is -0.434. The number of rotatable bonds is 2. The quantitative estimate of drug-likeness (QED) is 0.828. The number of carbonyl (C=O) groups excluding carboxylic acids is 1. The van der Waals surface area contributed by atoms with Gasteiger partial charge in [0.1, 0.15) is 0 Å². The largest absolute Gasteiger partial charge is 0.376 e. The lowest BCUT2D eigenvalue weighted by molar-refractivity contribution is -0.158. The molecule has 2 saturated heterocycles. The topological polar surface area (TPSA) is 42.0 Å². The predicted octanol–water partition coefficient (Wildman–Crippen LogP) is 1.40. The third-order valence-electron chi connectivity index (χ3n) is 3.86. The predicted molar refractivity (Wildman–Crippen MR) is 80.8 cm³/mol. The summed E-state index contributed by atoms with van der Waals surface area (Å²) in [6.45, 7) is 4.45. The van der Waals surface area contributed by atoms with E-state index in [1.165, 1.54) is 0 Å². The zero-order valence-corrected chi connectivity index (χ0v) is 12.6. The maximum atomic E-state index is 12.3. The average Bonchev–Trinajstić information content (AvgIpc) is 2.55. The smallest absolute Gasteiger partial charge is 0.254 e. The lowest BCUT2D eigenvalue weighted by Gasteiger charge is -2.38. The first-order valence-electron chi connectivity index (χ1n) is 7.23. The summed E-state index contributed by atoms with van der Waals surface area (Å²) in [5, 5.41) is 0.735. The van der Waals surface area contributed by atoms with E-state index >= 15 is 0 Å². The van der Waals surface area contributed by atoms with Gasteiger partial charge in [0, 0.05) is 36.9 Å². The standard InChI is InChI=1S/C15H19ClN2O3/c16-12-2-1-3-13(10-12)17-4-6-18(7-5-17)15(19)14-11-20-8-9-21-14/h1-3,10,14H,4-9,11H2/t14-/m0/s1. The highest BCUT2D eigenvalue weighted by Gasteiger charge is 2.29. The average molecular weight is 311 g/mol. The molecule has 21 heavy (non-hydrogen) atoms. The van der Waals surface area contributed by atoms with Crippen LogP contribution in [0.2, 0.25) is 5.02 Å². The molecule has 0 spiro atoms. The van der Waals surface area contributed by atoms with E-state index in [1.54, 1.807) is 0 Å². The first-order chi connectivity index (χ1) is 10.2. The molecular formula is C15H19ClN2O3. The van der Waals surface area contributed by atoms with Gasteiger partial charge in [0.25, 0.3) is 5.91 Å². The molecule has 0 radical (unpaired) electrons. The zero-order valence-electron chi connectivity index (χ0n) is 11.8. The van der Waals surface area contributed by atoms with Crippen LogP contribution < -0.4 is 4.90 Å². The second-order valence-corrected chi connectivity index (χ2v) is 5.66. The van der Waals surface area contributed by atoms with Gasteiger partial charge < -0.3 is 19.3 Å². The summed E-state index contributed by atoms with van der Waals surface area (Å²) in [5.41, 5.74) is 1.10. The molecule has 5 nitrogen and oxygen atoms in total. The van der Waals surface area contributed by atoms with Gasteiger partial charge in [-0.15, -0.1) is 0 Å². The number of amides is 1. The molecule has 2 heterocycles. The van der Waals surface area contributed by atoms with Crippen LogP contribution in [0.5, 0.6) is 0 Å². The lowest BCUT2D eigenvalue weighted by atomic mass is 10.2. The minimum absolute atomic E-state index is 0.0421. The summed E-state index contributed by atoms with van der Waals surface area (Å²) in [6, 6.07) is 7.81. The van der Waals surface area contributed by atoms with Crippen LogP contribution in [-0.4, -0.2) is 62.9 Å². The number of piperazine rings is 1.